The molecule has 7 heteroatoms. The second-order valence-electron chi connectivity index (χ2n) is 4.26. The Morgan fingerprint density at radius 3 is 2.24 bits per heavy atom. The highest BCUT2D eigenvalue weighted by Crippen LogP contribution is 2.32. The molecule has 0 saturated carbocycles. The summed E-state index contributed by atoms with van der Waals surface area (Å²) in [7, 11) is 0. The van der Waals surface area contributed by atoms with Crippen molar-refractivity contribution in [2.45, 2.75) is 23.8 Å². The maximum atomic E-state index is 11.7. The number of halogens is 3. The van der Waals surface area contributed by atoms with E-state index in [0.29, 0.717) is 26.3 Å². The number of hydrogen-bond acceptors (Lipinski definition) is 3. The smallest absolute Gasteiger partial charge is 0.223 e. The molecule has 1 N–H and O–H groups in total. The molecule has 0 unspecified atom stereocenters. The van der Waals surface area contributed by atoms with Gasteiger partial charge in [0.15, 0.2) is 0 Å². The lowest BCUT2D eigenvalue weighted by Gasteiger charge is -2.38. The van der Waals surface area contributed by atoms with E-state index in [1.54, 1.807) is 13.8 Å². The molecule has 100 valence electrons. The normalized spacial score (nSPS) is 20.4. The van der Waals surface area contributed by atoms with Gasteiger partial charge in [0.1, 0.15) is 6.17 Å². The van der Waals surface area contributed by atoms with E-state index in [-0.39, 0.29) is 11.8 Å². The molecule has 0 aromatic carbocycles. The summed E-state index contributed by atoms with van der Waals surface area (Å²) < 4.78 is 3.68. The van der Waals surface area contributed by atoms with Crippen LogP contribution in [-0.2, 0) is 9.53 Å². The quantitative estimate of drug-likeness (QED) is 0.808. The molecule has 1 amide bonds. The van der Waals surface area contributed by atoms with Gasteiger partial charge in [0.05, 0.1) is 13.2 Å². The molecule has 0 aromatic heterocycles. The number of carbonyl (C=O) groups excluding carboxylic acids is 1. The van der Waals surface area contributed by atoms with Crippen LogP contribution in [0.4, 0.5) is 0 Å². The van der Waals surface area contributed by atoms with E-state index in [1.807, 2.05) is 4.90 Å². The lowest BCUT2D eigenvalue weighted by molar-refractivity contribution is -0.126. The number of carbonyl (C=O) groups is 1. The van der Waals surface area contributed by atoms with Crippen LogP contribution in [0.5, 0.6) is 0 Å². The van der Waals surface area contributed by atoms with Crippen LogP contribution >= 0.6 is 34.8 Å². The second-order valence-corrected chi connectivity index (χ2v) is 6.62. The van der Waals surface area contributed by atoms with Gasteiger partial charge in [-0.2, -0.15) is 0 Å². The van der Waals surface area contributed by atoms with Gasteiger partial charge in [-0.25, -0.2) is 0 Å². The van der Waals surface area contributed by atoms with E-state index in [2.05, 4.69) is 5.32 Å². The van der Waals surface area contributed by atoms with Gasteiger partial charge in [0.2, 0.25) is 9.70 Å². The van der Waals surface area contributed by atoms with Gasteiger partial charge in [-0.15, -0.1) is 0 Å². The van der Waals surface area contributed by atoms with Crippen molar-refractivity contribution in [1.82, 2.24) is 10.2 Å². The molecule has 1 aliphatic heterocycles. The molecule has 1 fully saturated rings. The summed E-state index contributed by atoms with van der Waals surface area (Å²) in [5.74, 6) is -0.279. The fraction of sp³-hybridized carbons (Fsp3) is 0.900. The lowest BCUT2D eigenvalue weighted by Crippen LogP contribution is -2.58. The highest BCUT2D eigenvalue weighted by molar-refractivity contribution is 6.68. The van der Waals surface area contributed by atoms with Crippen LogP contribution in [0.25, 0.3) is 0 Å². The van der Waals surface area contributed by atoms with E-state index in [9.17, 15) is 4.79 Å². The fourth-order valence-corrected chi connectivity index (χ4v) is 2.09. The van der Waals surface area contributed by atoms with Crippen LogP contribution in [0.1, 0.15) is 13.8 Å². The largest absolute Gasteiger partial charge is 0.379 e. The Bertz CT molecular complexity index is 263. The minimum absolute atomic E-state index is 0.132. The van der Waals surface area contributed by atoms with E-state index in [1.165, 1.54) is 0 Å². The van der Waals surface area contributed by atoms with Crippen molar-refractivity contribution < 1.29 is 9.53 Å². The minimum atomic E-state index is -1.55. The average Bonchev–Trinajstić information content (AvgIpc) is 2.25. The molecular weight excluding hydrogens is 286 g/mol. The number of ether oxygens (including phenoxy) is 1. The van der Waals surface area contributed by atoms with Crippen molar-refractivity contribution in [2.75, 3.05) is 26.3 Å². The number of nitrogens with zero attached hydrogens (tertiary/aromatic N) is 1. The number of hydrogen-bond donors (Lipinski definition) is 1. The molecule has 0 radical (unpaired) electrons. The zero-order valence-corrected chi connectivity index (χ0v) is 12.1. The number of rotatable bonds is 3. The molecule has 17 heavy (non-hydrogen) atoms. The highest BCUT2D eigenvalue weighted by atomic mass is 35.6. The van der Waals surface area contributed by atoms with Gasteiger partial charge in [0.25, 0.3) is 0 Å². The van der Waals surface area contributed by atoms with Crippen molar-refractivity contribution in [2.24, 2.45) is 5.92 Å². The summed E-state index contributed by atoms with van der Waals surface area (Å²) in [5.41, 5.74) is 0. The van der Waals surface area contributed by atoms with Gasteiger partial charge in [-0.05, 0) is 0 Å². The summed E-state index contributed by atoms with van der Waals surface area (Å²) in [6.07, 6.45) is -0.619. The Morgan fingerprint density at radius 2 is 1.82 bits per heavy atom. The molecule has 4 nitrogen and oxygen atoms in total. The standard InChI is InChI=1S/C10H17Cl3N2O2/c1-7(2)8(16)14-9(10(11,12)13)15-3-5-17-6-4-15/h7,9H,3-6H2,1-2H3,(H,14,16)/t9-/m1/s1. The third-order valence-corrected chi connectivity index (χ3v) is 3.14. The Morgan fingerprint density at radius 1 is 1.29 bits per heavy atom. The molecule has 0 aromatic rings. The van der Waals surface area contributed by atoms with Gasteiger partial charge < -0.3 is 10.1 Å². The minimum Gasteiger partial charge on any atom is -0.379 e. The molecule has 0 aliphatic carbocycles. The van der Waals surface area contributed by atoms with Crippen molar-refractivity contribution in [1.29, 1.82) is 0 Å². The Hall–Kier alpha value is 0.260. The predicted molar refractivity (Wildman–Crippen MR) is 69.5 cm³/mol. The number of amides is 1. The van der Waals surface area contributed by atoms with Gasteiger partial charge in [0, 0.05) is 19.0 Å². The molecule has 0 spiro atoms. The Labute approximate surface area is 117 Å². The molecular formula is C10H17Cl3N2O2. The van der Waals surface area contributed by atoms with Crippen molar-refractivity contribution >= 4 is 40.7 Å². The highest BCUT2D eigenvalue weighted by Gasteiger charge is 2.39. The average molecular weight is 304 g/mol. The Kier molecular flexibility index (Phi) is 5.80. The zero-order valence-electron chi connectivity index (χ0n) is 9.88. The molecule has 1 atom stereocenters. The van der Waals surface area contributed by atoms with Gasteiger partial charge in [-0.1, -0.05) is 48.7 Å². The first-order chi connectivity index (χ1) is 7.82. The van der Waals surface area contributed by atoms with Crippen LogP contribution < -0.4 is 5.32 Å². The van der Waals surface area contributed by atoms with E-state index in [4.69, 9.17) is 39.5 Å². The first-order valence-corrected chi connectivity index (χ1v) is 6.64. The summed E-state index contributed by atoms with van der Waals surface area (Å²) >= 11 is 17.7. The first kappa shape index (κ1) is 15.3. The van der Waals surface area contributed by atoms with E-state index >= 15 is 0 Å². The maximum Gasteiger partial charge on any atom is 0.223 e. The van der Waals surface area contributed by atoms with Crippen LogP contribution in [0.15, 0.2) is 0 Å². The molecule has 1 heterocycles. The maximum absolute atomic E-state index is 11.7. The van der Waals surface area contributed by atoms with E-state index < -0.39 is 9.96 Å². The zero-order chi connectivity index (χ0) is 13.1. The monoisotopic (exact) mass is 302 g/mol. The van der Waals surface area contributed by atoms with Crippen molar-refractivity contribution in [3.05, 3.63) is 0 Å². The second kappa shape index (κ2) is 6.43. The summed E-state index contributed by atoms with van der Waals surface area (Å²) in [5, 5.41) is 2.76. The van der Waals surface area contributed by atoms with Crippen molar-refractivity contribution in [3.8, 4) is 0 Å². The molecule has 0 bridgehead atoms. The lowest BCUT2D eigenvalue weighted by atomic mass is 10.2. The number of alkyl halides is 3. The first-order valence-electron chi connectivity index (χ1n) is 5.51. The summed E-state index contributed by atoms with van der Waals surface area (Å²) in [4.78, 5) is 13.6. The number of morpholine rings is 1. The third-order valence-electron chi connectivity index (χ3n) is 2.52. The van der Waals surface area contributed by atoms with Crippen molar-refractivity contribution in [3.63, 3.8) is 0 Å². The topological polar surface area (TPSA) is 41.6 Å². The fourth-order valence-electron chi connectivity index (χ4n) is 1.52. The van der Waals surface area contributed by atoms with E-state index in [0.717, 1.165) is 0 Å². The van der Waals surface area contributed by atoms with Gasteiger partial charge >= 0.3 is 0 Å². The predicted octanol–water partition coefficient (Wildman–Crippen LogP) is 1.79. The number of nitrogens with one attached hydrogen (secondary N) is 1. The SMILES string of the molecule is CC(C)C(=O)N[C@H](N1CCOCC1)C(Cl)(Cl)Cl. The molecule has 1 saturated heterocycles. The molecule has 1 rings (SSSR count). The van der Waals surface area contributed by atoms with Crippen LogP contribution in [0, 0.1) is 5.92 Å². The van der Waals surface area contributed by atoms with Gasteiger partial charge in [-0.3, -0.25) is 9.69 Å². The molecule has 1 aliphatic rings. The summed E-state index contributed by atoms with van der Waals surface area (Å²) in [6.45, 7) is 6.02. The van der Waals surface area contributed by atoms with Crippen LogP contribution in [-0.4, -0.2) is 47.1 Å². The Balaban J connectivity index is 2.69. The van der Waals surface area contributed by atoms with Crippen LogP contribution in [0.3, 0.4) is 0 Å². The van der Waals surface area contributed by atoms with Crippen LogP contribution in [0.2, 0.25) is 0 Å². The third kappa shape index (κ3) is 4.79. The summed E-state index contributed by atoms with van der Waals surface area (Å²) in [6, 6.07) is 0.